The van der Waals surface area contributed by atoms with Crippen LogP contribution in [0.1, 0.15) is 75.8 Å². The Morgan fingerprint density at radius 3 is 2.25 bits per heavy atom. The number of nitrogens with zero attached hydrogens (tertiary/aromatic N) is 2. The Balaban J connectivity index is 0.944. The number of rotatable bonds is 6. The van der Waals surface area contributed by atoms with Crippen LogP contribution in [-0.4, -0.2) is 11.8 Å². The topological polar surface area (TPSA) is 29.4 Å². The van der Waals surface area contributed by atoms with E-state index < -0.39 is 0 Å². The van der Waals surface area contributed by atoms with E-state index in [-0.39, 0.29) is 0 Å². The van der Waals surface area contributed by atoms with E-state index in [9.17, 15) is 0 Å². The van der Waals surface area contributed by atoms with Crippen molar-refractivity contribution in [2.45, 2.75) is 75.5 Å². The van der Waals surface area contributed by atoms with Crippen LogP contribution in [0.2, 0.25) is 0 Å². The van der Waals surface area contributed by atoms with Crippen molar-refractivity contribution in [3.05, 3.63) is 157 Å². The van der Waals surface area contributed by atoms with Gasteiger partial charge in [-0.1, -0.05) is 85.2 Å². The van der Waals surface area contributed by atoms with Crippen LogP contribution in [0.25, 0.3) is 38.6 Å². The first-order valence-corrected chi connectivity index (χ1v) is 25.7. The number of benzene rings is 7. The van der Waals surface area contributed by atoms with Gasteiger partial charge in [0.15, 0.2) is 18.8 Å². The highest BCUT2D eigenvalue weighted by Crippen LogP contribution is 2.86. The molecule has 1 radical (unpaired) electrons. The molecule has 2 aliphatic heterocycles. The van der Waals surface area contributed by atoms with Gasteiger partial charge in [0.1, 0.15) is 0 Å². The Morgan fingerprint density at radius 1 is 0.627 bits per heavy atom. The fourth-order valence-corrected chi connectivity index (χ4v) is 18.3. The molecule has 0 saturated heterocycles. The summed E-state index contributed by atoms with van der Waals surface area (Å²) in [4.78, 5) is 2.44. The Hall–Kier alpha value is -6.20. The van der Waals surface area contributed by atoms with Crippen molar-refractivity contribution in [3.63, 3.8) is 0 Å². The van der Waals surface area contributed by atoms with Gasteiger partial charge in [-0.25, -0.2) is 0 Å². The summed E-state index contributed by atoms with van der Waals surface area (Å²) < 4.78 is 9.39. The van der Waals surface area contributed by atoms with Gasteiger partial charge >= 0.3 is 0 Å². The second-order valence-electron chi connectivity index (χ2n) is 23.2. The van der Waals surface area contributed by atoms with Crippen molar-refractivity contribution in [1.29, 1.82) is 0 Å². The predicted octanol–water partition coefficient (Wildman–Crippen LogP) is 14.1. The normalized spacial score (nSPS) is 32.1. The first-order valence-electron chi connectivity index (χ1n) is 25.7. The summed E-state index contributed by atoms with van der Waals surface area (Å²) in [5, 5.41) is 6.81. The molecule has 9 aliphatic rings. The third kappa shape index (κ3) is 4.45. The number of hydrogen-bond acceptors (Lipinski definition) is 3. The highest BCUT2D eigenvalue weighted by Gasteiger charge is 2.80. The van der Waals surface area contributed by atoms with Crippen LogP contribution in [0.5, 0.6) is 11.5 Å². The highest BCUT2D eigenvalue weighted by molar-refractivity contribution is 6.73. The molecule has 10 unspecified atom stereocenters. The lowest BCUT2D eigenvalue weighted by molar-refractivity contribution is -0.198. The fourth-order valence-electron chi connectivity index (χ4n) is 18.3. The van der Waals surface area contributed by atoms with Gasteiger partial charge < -0.3 is 19.5 Å². The second-order valence-corrected chi connectivity index (χ2v) is 23.2. The monoisotopic (exact) mass is 866 g/mol. The number of nitrogens with one attached hydrogen (secondary N) is 1. The summed E-state index contributed by atoms with van der Waals surface area (Å²) in [5.74, 6) is 8.01. The van der Waals surface area contributed by atoms with E-state index in [1.54, 1.807) is 11.1 Å². The quantitative estimate of drug-likeness (QED) is 0.169. The van der Waals surface area contributed by atoms with Crippen molar-refractivity contribution >= 4 is 68.4 Å². The van der Waals surface area contributed by atoms with E-state index in [1.807, 2.05) is 0 Å². The highest BCUT2D eigenvalue weighted by atomic mass is 16.5. The molecule has 17 rings (SSSR count). The first kappa shape index (κ1) is 36.9. The maximum Gasteiger partial charge on any atom is 0.197 e. The molecule has 7 aromatic carbocycles. The maximum absolute atomic E-state index is 6.69. The van der Waals surface area contributed by atoms with Gasteiger partial charge in [0.25, 0.3) is 0 Å². The van der Waals surface area contributed by atoms with Crippen LogP contribution in [0.4, 0.5) is 28.4 Å². The van der Waals surface area contributed by atoms with Gasteiger partial charge in [0, 0.05) is 50.0 Å². The molecular weight excluding hydrogens is 814 g/mol. The summed E-state index contributed by atoms with van der Waals surface area (Å²) in [6.45, 7) is 2.55. The molecule has 325 valence electrons. The summed E-state index contributed by atoms with van der Waals surface area (Å²) in [6, 6.07) is 55.1. The molecule has 8 aromatic rings. The predicted molar refractivity (Wildman–Crippen MR) is 273 cm³/mol. The molecule has 0 amide bonds. The molecule has 7 fully saturated rings. The lowest BCUT2D eigenvalue weighted by Crippen LogP contribution is -2.68. The Labute approximate surface area is 393 Å². The van der Waals surface area contributed by atoms with E-state index in [2.05, 4.69) is 175 Å². The molecule has 7 aliphatic carbocycles. The lowest BCUT2D eigenvalue weighted by atomic mass is 9.31. The standard InChI is InChI=1S/C62H53BN3O/c1-35-21-37-23-38-33-60(30-35,56(37)38)40-26-49-47-25-39(61-31-36-22-41-24-42(34-61)62(41,61)32-36)19-20-52(47)66-53-29-45(65(43-11-4-2-5-12-43)44-13-6-3-7-14-44)28-48(57(53)63-50(27-40)59(49)66)46-15-10-18-55-58(46)64-51-16-8-9-17-54(51)67-55/h2-20,25-29,35-38,41-42,56,64H,21-24,30-34H2,1H3. The van der Waals surface area contributed by atoms with Gasteiger partial charge in [-0.3, -0.25) is 0 Å². The number of ether oxygens (including phenoxy) is 1. The maximum atomic E-state index is 6.69. The van der Waals surface area contributed by atoms with Crippen LogP contribution >= 0.6 is 0 Å². The summed E-state index contributed by atoms with van der Waals surface area (Å²) in [7, 11) is 2.59. The van der Waals surface area contributed by atoms with Gasteiger partial charge in [-0.2, -0.15) is 0 Å². The molecule has 67 heavy (non-hydrogen) atoms. The molecule has 2 bridgehead atoms. The minimum Gasteiger partial charge on any atom is -0.453 e. The molecule has 4 nitrogen and oxygen atoms in total. The fraction of sp³-hybridized carbons (Fsp3) is 0.323. The smallest absolute Gasteiger partial charge is 0.197 e. The summed E-state index contributed by atoms with van der Waals surface area (Å²) >= 11 is 0. The molecule has 1 aromatic heterocycles. The zero-order valence-corrected chi connectivity index (χ0v) is 38.1. The zero-order valence-electron chi connectivity index (χ0n) is 38.1. The lowest BCUT2D eigenvalue weighted by Gasteiger charge is -2.73. The van der Waals surface area contributed by atoms with Crippen molar-refractivity contribution in [2.75, 3.05) is 10.2 Å². The first-order chi connectivity index (χ1) is 33.0. The number of aromatic nitrogens is 1. The van der Waals surface area contributed by atoms with Crippen molar-refractivity contribution in [2.24, 2.45) is 46.8 Å². The minimum absolute atomic E-state index is 0.296. The Kier molecular flexibility index (Phi) is 6.86. The SMILES string of the molecule is CC1CC2CC3CC(c4cc5c6c(c4)c4cc(C78CC9CC%10CC(C7)C%108C9)ccc4n6-c4cc(N(c6ccccc6)c6ccccc6)cc(-c6cccc7c6Nc6ccccc6O7)c4[B]5)(C1)C23. The number of hydrogen-bond donors (Lipinski definition) is 1. The van der Waals surface area contributed by atoms with E-state index in [1.165, 1.54) is 102 Å². The van der Waals surface area contributed by atoms with Gasteiger partial charge in [-0.05, 0) is 205 Å². The second kappa shape index (κ2) is 12.5. The Morgan fingerprint density at radius 2 is 1.43 bits per heavy atom. The van der Waals surface area contributed by atoms with Crippen LogP contribution in [-0.2, 0) is 10.8 Å². The van der Waals surface area contributed by atoms with Crippen molar-refractivity contribution < 1.29 is 4.74 Å². The van der Waals surface area contributed by atoms with E-state index in [0.29, 0.717) is 16.2 Å². The average Bonchev–Trinajstić information content (AvgIpc) is 3.97. The molecule has 7 saturated carbocycles. The van der Waals surface area contributed by atoms with Crippen molar-refractivity contribution in [1.82, 2.24) is 4.57 Å². The number of fused-ring (bicyclic) bond motifs is 8. The van der Waals surface area contributed by atoms with Crippen LogP contribution in [0.15, 0.2) is 146 Å². The number of anilines is 5. The van der Waals surface area contributed by atoms with Crippen LogP contribution < -0.4 is 25.9 Å². The largest absolute Gasteiger partial charge is 0.453 e. The van der Waals surface area contributed by atoms with Crippen LogP contribution in [0.3, 0.4) is 0 Å². The van der Waals surface area contributed by atoms with E-state index in [4.69, 9.17) is 4.74 Å². The van der Waals surface area contributed by atoms with Gasteiger partial charge in [0.2, 0.25) is 0 Å². The third-order valence-electron chi connectivity index (χ3n) is 20.4. The number of para-hydroxylation sites is 5. The summed E-state index contributed by atoms with van der Waals surface area (Å²) in [6.07, 6.45) is 12.9. The summed E-state index contributed by atoms with van der Waals surface area (Å²) in [5.41, 5.74) is 18.9. The van der Waals surface area contributed by atoms with Crippen molar-refractivity contribution in [3.8, 4) is 28.3 Å². The molecular formula is C62H53BN3O. The third-order valence-corrected chi connectivity index (χ3v) is 20.4. The van der Waals surface area contributed by atoms with E-state index in [0.717, 1.165) is 86.9 Å². The zero-order chi connectivity index (χ0) is 43.5. The molecule has 10 atom stereocenters. The average molecular weight is 867 g/mol. The molecule has 3 heterocycles. The van der Waals surface area contributed by atoms with E-state index >= 15 is 0 Å². The minimum atomic E-state index is 0.296. The molecule has 5 heteroatoms. The Bertz CT molecular complexity index is 3450. The van der Waals surface area contributed by atoms with Gasteiger partial charge in [-0.15, -0.1) is 0 Å². The van der Waals surface area contributed by atoms with Gasteiger partial charge in [0.05, 0.1) is 16.9 Å². The van der Waals surface area contributed by atoms with Crippen LogP contribution in [0, 0.1) is 46.8 Å². The molecule has 1 N–H and O–H groups in total. The molecule has 1 spiro atoms.